The van der Waals surface area contributed by atoms with Gasteiger partial charge in [0.2, 0.25) is 0 Å². The van der Waals surface area contributed by atoms with Crippen molar-refractivity contribution in [3.63, 3.8) is 0 Å². The summed E-state index contributed by atoms with van der Waals surface area (Å²) < 4.78 is 31.4. The maximum absolute atomic E-state index is 11.5. The molecule has 0 aromatic heterocycles. The van der Waals surface area contributed by atoms with Crippen molar-refractivity contribution in [3.8, 4) is 5.75 Å². The van der Waals surface area contributed by atoms with Gasteiger partial charge in [-0.25, -0.2) is 0 Å². The normalized spacial score (nSPS) is 27.5. The summed E-state index contributed by atoms with van der Waals surface area (Å²) in [5, 5.41) is 13.6. The van der Waals surface area contributed by atoms with Crippen LogP contribution >= 0.6 is 0 Å². The van der Waals surface area contributed by atoms with E-state index in [0.717, 1.165) is 33.2 Å². The van der Waals surface area contributed by atoms with Crippen molar-refractivity contribution in [3.05, 3.63) is 114 Å². The highest BCUT2D eigenvalue weighted by Crippen LogP contribution is 2.38. The molecule has 2 aliphatic rings. The minimum atomic E-state index is -1.09. The lowest BCUT2D eigenvalue weighted by Gasteiger charge is -2.47. The smallest absolute Gasteiger partial charge is 0.188 e. The van der Waals surface area contributed by atoms with Gasteiger partial charge in [-0.1, -0.05) is 97.1 Å². The molecule has 6 rings (SSSR count). The highest BCUT2D eigenvalue weighted by molar-refractivity contribution is 5.89. The highest BCUT2D eigenvalue weighted by atomic mass is 16.8. The molecular formula is C31H30O6. The van der Waals surface area contributed by atoms with E-state index in [4.69, 9.17) is 23.7 Å². The first-order valence-electron chi connectivity index (χ1n) is 12.6. The predicted octanol–water partition coefficient (Wildman–Crippen LogP) is 5.31. The van der Waals surface area contributed by atoms with E-state index in [0.29, 0.717) is 6.61 Å². The van der Waals surface area contributed by atoms with Crippen LogP contribution < -0.4 is 4.74 Å². The van der Waals surface area contributed by atoms with Crippen LogP contribution in [-0.2, 0) is 25.6 Å². The molecule has 2 heterocycles. The van der Waals surface area contributed by atoms with Crippen LogP contribution in [0.5, 0.6) is 5.75 Å². The lowest BCUT2D eigenvalue weighted by molar-refractivity contribution is -0.359. The quantitative estimate of drug-likeness (QED) is 0.389. The summed E-state index contributed by atoms with van der Waals surface area (Å²) in [7, 11) is 0. The minimum absolute atomic E-state index is 0.288. The molecule has 1 N–H and O–H groups in total. The summed E-state index contributed by atoms with van der Waals surface area (Å²) in [6.45, 7) is 2.59. The minimum Gasteiger partial charge on any atom is -0.484 e. The van der Waals surface area contributed by atoms with Gasteiger partial charge in [0.15, 0.2) is 18.7 Å². The lowest BCUT2D eigenvalue weighted by atomic mass is 9.96. The van der Waals surface area contributed by atoms with Gasteiger partial charge in [-0.15, -0.1) is 0 Å². The fourth-order valence-corrected chi connectivity index (χ4v) is 5.01. The largest absolute Gasteiger partial charge is 0.484 e. The molecule has 190 valence electrons. The summed E-state index contributed by atoms with van der Waals surface area (Å²) in [6.07, 6.45) is -4.34. The maximum atomic E-state index is 11.5. The van der Waals surface area contributed by atoms with Crippen molar-refractivity contribution in [1.29, 1.82) is 0 Å². The standard InChI is InChI=1S/C31H30O6/c1-20-16-17-22-12-8-9-15-24(22)27(20)36-29-26(32)31(33-18-21-10-4-2-5-11-21)35-25-19-34-30(37-28(25)29)23-13-6-3-7-14-23/h2-17,25-26,28-32H,18-19H2,1H3/t25-,26-,28-,29-,30?,31-/m1/s1. The highest BCUT2D eigenvalue weighted by Gasteiger charge is 2.51. The number of rotatable bonds is 6. The Morgan fingerprint density at radius 3 is 2.38 bits per heavy atom. The van der Waals surface area contributed by atoms with Gasteiger partial charge in [0.05, 0.1) is 13.2 Å². The van der Waals surface area contributed by atoms with Gasteiger partial charge in [0.1, 0.15) is 24.1 Å². The number of aliphatic hydroxyl groups is 1. The zero-order chi connectivity index (χ0) is 25.2. The molecule has 6 atom stereocenters. The molecule has 0 saturated carbocycles. The zero-order valence-electron chi connectivity index (χ0n) is 20.6. The van der Waals surface area contributed by atoms with Crippen molar-refractivity contribution in [2.45, 2.75) is 50.5 Å². The summed E-state index contributed by atoms with van der Waals surface area (Å²) in [5.41, 5.74) is 2.86. The zero-order valence-corrected chi connectivity index (χ0v) is 20.6. The number of aliphatic hydroxyl groups excluding tert-OH is 1. The third kappa shape index (κ3) is 4.99. The molecule has 2 aliphatic heterocycles. The topological polar surface area (TPSA) is 66.4 Å². The number of hydrogen-bond donors (Lipinski definition) is 1. The molecule has 0 amide bonds. The predicted molar refractivity (Wildman–Crippen MR) is 139 cm³/mol. The second-order valence-electron chi connectivity index (χ2n) is 9.52. The monoisotopic (exact) mass is 498 g/mol. The van der Waals surface area contributed by atoms with Crippen LogP contribution in [0.2, 0.25) is 0 Å². The Kier molecular flexibility index (Phi) is 6.91. The van der Waals surface area contributed by atoms with Crippen LogP contribution in [-0.4, -0.2) is 42.4 Å². The van der Waals surface area contributed by atoms with Gasteiger partial charge < -0.3 is 28.8 Å². The maximum Gasteiger partial charge on any atom is 0.188 e. The van der Waals surface area contributed by atoms with Gasteiger partial charge in [-0.05, 0) is 23.4 Å². The fraction of sp³-hybridized carbons (Fsp3) is 0.290. The Morgan fingerprint density at radius 2 is 1.57 bits per heavy atom. The van der Waals surface area contributed by atoms with E-state index in [9.17, 15) is 5.11 Å². The fourth-order valence-electron chi connectivity index (χ4n) is 5.01. The van der Waals surface area contributed by atoms with Crippen molar-refractivity contribution in [2.75, 3.05) is 6.61 Å². The van der Waals surface area contributed by atoms with Crippen molar-refractivity contribution in [1.82, 2.24) is 0 Å². The summed E-state index contributed by atoms with van der Waals surface area (Å²) >= 11 is 0. The first-order chi connectivity index (χ1) is 18.2. The molecule has 0 radical (unpaired) electrons. The van der Waals surface area contributed by atoms with E-state index in [1.54, 1.807) is 0 Å². The SMILES string of the molecule is Cc1ccc2ccccc2c1O[C@@H]1[C@@H](O)[C@H](OCc2ccccc2)O[C@@H]2COC(c3ccccc3)O[C@@H]12. The molecule has 6 heteroatoms. The van der Waals surface area contributed by atoms with E-state index in [2.05, 4.69) is 6.07 Å². The molecule has 4 aromatic carbocycles. The Hall–Kier alpha value is -3.26. The van der Waals surface area contributed by atoms with E-state index in [1.165, 1.54) is 0 Å². The summed E-state index contributed by atoms with van der Waals surface area (Å²) in [6, 6.07) is 31.7. The molecule has 37 heavy (non-hydrogen) atoms. The third-order valence-electron chi connectivity index (χ3n) is 6.97. The van der Waals surface area contributed by atoms with Crippen LogP contribution in [0.25, 0.3) is 10.8 Å². The number of fused-ring (bicyclic) bond motifs is 2. The van der Waals surface area contributed by atoms with Crippen LogP contribution in [0, 0.1) is 6.92 Å². The Morgan fingerprint density at radius 1 is 0.838 bits per heavy atom. The molecule has 0 spiro atoms. The number of ether oxygens (including phenoxy) is 5. The van der Waals surface area contributed by atoms with Gasteiger partial charge in [0.25, 0.3) is 0 Å². The van der Waals surface area contributed by atoms with E-state index in [-0.39, 0.29) is 6.61 Å². The van der Waals surface area contributed by atoms with Crippen molar-refractivity contribution in [2.24, 2.45) is 0 Å². The lowest BCUT2D eigenvalue weighted by Crippen LogP contribution is -2.64. The second kappa shape index (κ2) is 10.6. The molecule has 6 nitrogen and oxygen atoms in total. The van der Waals surface area contributed by atoms with Gasteiger partial charge in [-0.2, -0.15) is 0 Å². The average molecular weight is 499 g/mol. The first kappa shape index (κ1) is 24.1. The molecule has 2 saturated heterocycles. The summed E-state index contributed by atoms with van der Waals surface area (Å²) in [5.74, 6) is 0.718. The molecule has 0 bridgehead atoms. The number of benzene rings is 4. The van der Waals surface area contributed by atoms with Crippen LogP contribution in [0.1, 0.15) is 23.0 Å². The van der Waals surface area contributed by atoms with E-state index >= 15 is 0 Å². The van der Waals surface area contributed by atoms with E-state index < -0.39 is 37.0 Å². The second-order valence-corrected chi connectivity index (χ2v) is 9.52. The molecule has 4 aromatic rings. The molecule has 2 fully saturated rings. The van der Waals surface area contributed by atoms with Crippen LogP contribution in [0.3, 0.4) is 0 Å². The third-order valence-corrected chi connectivity index (χ3v) is 6.97. The molecular weight excluding hydrogens is 468 g/mol. The average Bonchev–Trinajstić information content (AvgIpc) is 2.95. The Bertz CT molecular complexity index is 1330. The number of aryl methyl sites for hydroxylation is 1. The number of hydrogen-bond acceptors (Lipinski definition) is 6. The molecule has 0 aliphatic carbocycles. The van der Waals surface area contributed by atoms with Gasteiger partial charge in [0, 0.05) is 10.9 Å². The molecule has 1 unspecified atom stereocenters. The van der Waals surface area contributed by atoms with E-state index in [1.807, 2.05) is 97.9 Å². The summed E-state index contributed by atoms with van der Waals surface area (Å²) in [4.78, 5) is 0. The first-order valence-corrected chi connectivity index (χ1v) is 12.6. The van der Waals surface area contributed by atoms with Crippen molar-refractivity contribution < 1.29 is 28.8 Å². The van der Waals surface area contributed by atoms with Gasteiger partial charge >= 0.3 is 0 Å². The van der Waals surface area contributed by atoms with Gasteiger partial charge in [-0.3, -0.25) is 0 Å². The van der Waals surface area contributed by atoms with Crippen LogP contribution in [0.15, 0.2) is 97.1 Å². The van der Waals surface area contributed by atoms with Crippen molar-refractivity contribution >= 4 is 10.8 Å². The van der Waals surface area contributed by atoms with Crippen LogP contribution in [0.4, 0.5) is 0 Å². The Labute approximate surface area is 216 Å². The Balaban J connectivity index is 1.31.